The van der Waals surface area contributed by atoms with Crippen molar-refractivity contribution in [2.75, 3.05) is 24.5 Å². The number of hydrogen-bond donors (Lipinski definition) is 1. The molecular formula is C13H13F5N2. The van der Waals surface area contributed by atoms with E-state index in [9.17, 15) is 22.0 Å². The third-order valence-corrected chi connectivity index (χ3v) is 3.90. The van der Waals surface area contributed by atoms with Gasteiger partial charge in [0.25, 0.3) is 0 Å². The highest BCUT2D eigenvalue weighted by Gasteiger charge is 2.37. The Labute approximate surface area is 112 Å². The third kappa shape index (κ3) is 2.13. The molecule has 0 radical (unpaired) electrons. The Morgan fingerprint density at radius 3 is 1.95 bits per heavy atom. The van der Waals surface area contributed by atoms with Crippen molar-refractivity contribution in [1.29, 1.82) is 0 Å². The molecule has 1 saturated carbocycles. The van der Waals surface area contributed by atoms with Crippen molar-refractivity contribution in [3.8, 4) is 0 Å². The van der Waals surface area contributed by atoms with E-state index in [2.05, 4.69) is 5.32 Å². The number of rotatable bonds is 2. The van der Waals surface area contributed by atoms with Gasteiger partial charge in [0.2, 0.25) is 5.82 Å². The van der Waals surface area contributed by atoms with Crippen molar-refractivity contribution in [3.63, 3.8) is 0 Å². The minimum atomic E-state index is -2.11. The fourth-order valence-electron chi connectivity index (χ4n) is 2.67. The van der Waals surface area contributed by atoms with Crippen molar-refractivity contribution in [3.05, 3.63) is 29.1 Å². The molecule has 1 aliphatic carbocycles. The molecule has 110 valence electrons. The van der Waals surface area contributed by atoms with E-state index in [0.29, 0.717) is 12.5 Å². The number of halogens is 5. The monoisotopic (exact) mass is 292 g/mol. The number of benzene rings is 1. The molecule has 2 nitrogen and oxygen atoms in total. The van der Waals surface area contributed by atoms with Crippen LogP contribution in [0.25, 0.3) is 0 Å². The number of nitrogens with one attached hydrogen (secondary N) is 1. The maximum absolute atomic E-state index is 13.7. The minimum Gasteiger partial charge on any atom is -0.364 e. The quantitative estimate of drug-likeness (QED) is 0.512. The summed E-state index contributed by atoms with van der Waals surface area (Å²) >= 11 is 0. The molecule has 20 heavy (non-hydrogen) atoms. The second-order valence-corrected chi connectivity index (χ2v) is 5.26. The van der Waals surface area contributed by atoms with Gasteiger partial charge in [-0.25, -0.2) is 22.0 Å². The number of nitrogens with zero attached hydrogens (tertiary/aromatic N) is 1. The van der Waals surface area contributed by atoms with E-state index in [1.165, 1.54) is 4.90 Å². The Kier molecular flexibility index (Phi) is 3.32. The molecule has 0 amide bonds. The van der Waals surface area contributed by atoms with Gasteiger partial charge in [-0.1, -0.05) is 0 Å². The van der Waals surface area contributed by atoms with Crippen LogP contribution in [0.5, 0.6) is 0 Å². The summed E-state index contributed by atoms with van der Waals surface area (Å²) in [6.45, 7) is 0.922. The zero-order valence-electron chi connectivity index (χ0n) is 10.5. The lowest BCUT2D eigenvalue weighted by atomic mass is 10.1. The zero-order valence-corrected chi connectivity index (χ0v) is 10.5. The van der Waals surface area contributed by atoms with Crippen LogP contribution >= 0.6 is 0 Å². The summed E-state index contributed by atoms with van der Waals surface area (Å²) < 4.78 is 67.0. The summed E-state index contributed by atoms with van der Waals surface area (Å²) in [5, 5.41) is 3.21. The fraction of sp³-hybridized carbons (Fsp3) is 0.538. The fourth-order valence-corrected chi connectivity index (χ4v) is 2.67. The average Bonchev–Trinajstić information content (AvgIpc) is 3.28. The van der Waals surface area contributed by atoms with Crippen molar-refractivity contribution in [1.82, 2.24) is 5.32 Å². The molecule has 0 aromatic heterocycles. The molecular weight excluding hydrogens is 279 g/mol. The maximum atomic E-state index is 13.7. The Balaban J connectivity index is 1.96. The zero-order chi connectivity index (χ0) is 14.4. The van der Waals surface area contributed by atoms with E-state index in [0.717, 1.165) is 12.8 Å². The summed E-state index contributed by atoms with van der Waals surface area (Å²) in [7, 11) is 0. The molecule has 2 aliphatic rings. The summed E-state index contributed by atoms with van der Waals surface area (Å²) in [5.41, 5.74) is -0.812. The average molecular weight is 292 g/mol. The molecule has 1 N–H and O–H groups in total. The molecule has 1 heterocycles. The second kappa shape index (κ2) is 4.87. The van der Waals surface area contributed by atoms with Gasteiger partial charge in [-0.3, -0.25) is 0 Å². The molecule has 1 unspecified atom stereocenters. The smallest absolute Gasteiger partial charge is 0.200 e. The van der Waals surface area contributed by atoms with Gasteiger partial charge in [0.05, 0.1) is 0 Å². The Bertz CT molecular complexity index is 515. The van der Waals surface area contributed by atoms with Gasteiger partial charge in [-0.05, 0) is 18.8 Å². The molecule has 1 aromatic carbocycles. The first-order valence-electron chi connectivity index (χ1n) is 6.50. The highest BCUT2D eigenvalue weighted by atomic mass is 19.2. The Hall–Kier alpha value is -1.37. The normalized spacial score (nSPS) is 23.2. The summed E-state index contributed by atoms with van der Waals surface area (Å²) in [5.74, 6) is -8.96. The molecule has 7 heteroatoms. The Morgan fingerprint density at radius 1 is 0.850 bits per heavy atom. The predicted molar refractivity (Wildman–Crippen MR) is 63.0 cm³/mol. The van der Waals surface area contributed by atoms with Gasteiger partial charge in [-0.2, -0.15) is 0 Å². The van der Waals surface area contributed by atoms with Crippen LogP contribution in [0, 0.1) is 35.0 Å². The van der Waals surface area contributed by atoms with Crippen LogP contribution in [0.15, 0.2) is 0 Å². The standard InChI is InChI=1S/C13H13F5N2/c14-8-9(15)11(17)13(12(18)10(8)16)20-4-3-19-7(5-20)6-1-2-6/h6-7,19H,1-5H2. The van der Waals surface area contributed by atoms with E-state index in [1.54, 1.807) is 0 Å². The summed E-state index contributed by atoms with van der Waals surface area (Å²) in [4.78, 5) is 1.25. The van der Waals surface area contributed by atoms with Crippen molar-refractivity contribution in [2.45, 2.75) is 18.9 Å². The lowest BCUT2D eigenvalue weighted by Gasteiger charge is -2.35. The molecule has 1 atom stereocenters. The first-order valence-corrected chi connectivity index (χ1v) is 6.50. The van der Waals surface area contributed by atoms with E-state index in [1.807, 2.05) is 0 Å². The summed E-state index contributed by atoms with van der Waals surface area (Å²) in [6, 6.07) is 0.0405. The lowest BCUT2D eigenvalue weighted by Crippen LogP contribution is -2.52. The topological polar surface area (TPSA) is 15.3 Å². The largest absolute Gasteiger partial charge is 0.364 e. The van der Waals surface area contributed by atoms with Gasteiger partial charge in [0.1, 0.15) is 5.69 Å². The second-order valence-electron chi connectivity index (χ2n) is 5.26. The molecule has 1 aromatic rings. The first-order chi connectivity index (χ1) is 9.50. The van der Waals surface area contributed by atoms with Crippen LogP contribution in [0.3, 0.4) is 0 Å². The van der Waals surface area contributed by atoms with Gasteiger partial charge in [-0.15, -0.1) is 0 Å². The predicted octanol–water partition coefficient (Wildman–Crippen LogP) is 2.57. The van der Waals surface area contributed by atoms with Crippen LogP contribution < -0.4 is 10.2 Å². The highest BCUT2D eigenvalue weighted by molar-refractivity contribution is 5.51. The van der Waals surface area contributed by atoms with E-state index in [-0.39, 0.29) is 19.1 Å². The van der Waals surface area contributed by atoms with Crippen LogP contribution in [0.4, 0.5) is 27.6 Å². The van der Waals surface area contributed by atoms with Crippen LogP contribution in [-0.2, 0) is 0 Å². The van der Waals surface area contributed by atoms with Gasteiger partial charge in [0, 0.05) is 25.7 Å². The van der Waals surface area contributed by atoms with Crippen molar-refractivity contribution in [2.24, 2.45) is 5.92 Å². The van der Waals surface area contributed by atoms with Crippen molar-refractivity contribution >= 4 is 5.69 Å². The SMILES string of the molecule is Fc1c(F)c(F)c(N2CCNC(C3CC3)C2)c(F)c1F. The van der Waals surface area contributed by atoms with Gasteiger partial charge >= 0.3 is 0 Å². The number of anilines is 1. The van der Waals surface area contributed by atoms with Crippen LogP contribution in [0.2, 0.25) is 0 Å². The maximum Gasteiger partial charge on any atom is 0.200 e. The molecule has 0 spiro atoms. The number of hydrogen-bond acceptors (Lipinski definition) is 2. The molecule has 1 aliphatic heterocycles. The minimum absolute atomic E-state index is 0.0405. The summed E-state index contributed by atoms with van der Waals surface area (Å²) in [6.07, 6.45) is 2.06. The lowest BCUT2D eigenvalue weighted by molar-refractivity contribution is 0.368. The molecule has 3 rings (SSSR count). The first kappa shape index (κ1) is 13.6. The van der Waals surface area contributed by atoms with Crippen molar-refractivity contribution < 1.29 is 22.0 Å². The third-order valence-electron chi connectivity index (χ3n) is 3.90. The van der Waals surface area contributed by atoms with Crippen LogP contribution in [-0.4, -0.2) is 25.7 Å². The molecule has 0 bridgehead atoms. The molecule has 2 fully saturated rings. The van der Waals surface area contributed by atoms with Crippen LogP contribution in [0.1, 0.15) is 12.8 Å². The highest BCUT2D eigenvalue weighted by Crippen LogP contribution is 2.36. The van der Waals surface area contributed by atoms with E-state index in [4.69, 9.17) is 0 Å². The van der Waals surface area contributed by atoms with Gasteiger partial charge in [0.15, 0.2) is 23.3 Å². The van der Waals surface area contributed by atoms with E-state index < -0.39 is 34.8 Å². The number of piperazine rings is 1. The Morgan fingerprint density at radius 2 is 1.40 bits per heavy atom. The van der Waals surface area contributed by atoms with E-state index >= 15 is 0 Å². The van der Waals surface area contributed by atoms with Gasteiger partial charge < -0.3 is 10.2 Å². The molecule has 1 saturated heterocycles.